The van der Waals surface area contributed by atoms with Gasteiger partial charge < -0.3 is 10.1 Å². The van der Waals surface area contributed by atoms with Gasteiger partial charge in [0.05, 0.1) is 17.7 Å². The van der Waals surface area contributed by atoms with Crippen LogP contribution in [0.1, 0.15) is 41.7 Å². The highest BCUT2D eigenvalue weighted by atomic mass is 19.4. The van der Waals surface area contributed by atoms with E-state index in [0.29, 0.717) is 25.5 Å². The molecule has 1 N–H and O–H groups in total. The molecular formula is C20H19F6NO. The van der Waals surface area contributed by atoms with Gasteiger partial charge in [0.15, 0.2) is 6.10 Å². The predicted octanol–water partition coefficient (Wildman–Crippen LogP) is 5.82. The van der Waals surface area contributed by atoms with Crippen molar-refractivity contribution >= 4 is 0 Å². The standard InChI is InChI=1S/C20H19F6NO/c21-19(22,23)15-9-4-8-14(12-15)18(20(24,25)26)28-16-10-5-11-27-17(16)13-6-2-1-3-7-13/h1-4,6-9,12,16-18,27H,5,10-11H2/t16?,17?,18-/m0/s1. The number of hydrogen-bond donors (Lipinski definition) is 1. The van der Waals surface area contributed by atoms with E-state index in [0.717, 1.165) is 23.8 Å². The number of rotatable bonds is 4. The molecule has 1 saturated heterocycles. The number of alkyl halides is 6. The minimum Gasteiger partial charge on any atom is -0.359 e. The van der Waals surface area contributed by atoms with Crippen molar-refractivity contribution in [2.24, 2.45) is 0 Å². The largest absolute Gasteiger partial charge is 0.418 e. The first-order valence-electron chi connectivity index (χ1n) is 8.84. The van der Waals surface area contributed by atoms with Gasteiger partial charge in [-0.05, 0) is 42.6 Å². The summed E-state index contributed by atoms with van der Waals surface area (Å²) >= 11 is 0. The zero-order valence-corrected chi connectivity index (χ0v) is 14.7. The summed E-state index contributed by atoms with van der Waals surface area (Å²) in [4.78, 5) is 0. The molecule has 2 aromatic rings. The highest BCUT2D eigenvalue weighted by molar-refractivity contribution is 5.28. The second-order valence-corrected chi connectivity index (χ2v) is 6.70. The Morgan fingerprint density at radius 1 is 0.929 bits per heavy atom. The van der Waals surface area contributed by atoms with Crippen molar-refractivity contribution < 1.29 is 31.1 Å². The molecule has 1 heterocycles. The molecule has 2 nitrogen and oxygen atoms in total. The third kappa shape index (κ3) is 4.86. The van der Waals surface area contributed by atoms with E-state index in [-0.39, 0.29) is 0 Å². The Hall–Kier alpha value is -2.06. The molecule has 3 rings (SSSR count). The molecule has 0 spiro atoms. The van der Waals surface area contributed by atoms with Crippen LogP contribution in [0.4, 0.5) is 26.3 Å². The summed E-state index contributed by atoms with van der Waals surface area (Å²) in [6, 6.07) is 11.7. The monoisotopic (exact) mass is 403 g/mol. The minimum atomic E-state index is -4.84. The average Bonchev–Trinajstić information content (AvgIpc) is 2.65. The van der Waals surface area contributed by atoms with Gasteiger partial charge >= 0.3 is 12.4 Å². The van der Waals surface area contributed by atoms with Crippen LogP contribution in [0.5, 0.6) is 0 Å². The van der Waals surface area contributed by atoms with E-state index in [1.165, 1.54) is 0 Å². The Morgan fingerprint density at radius 2 is 1.64 bits per heavy atom. The van der Waals surface area contributed by atoms with Crippen LogP contribution >= 0.6 is 0 Å². The summed E-state index contributed by atoms with van der Waals surface area (Å²) in [5.41, 5.74) is -0.916. The number of nitrogens with one attached hydrogen (secondary N) is 1. The first-order valence-corrected chi connectivity index (χ1v) is 8.84. The highest BCUT2D eigenvalue weighted by Crippen LogP contribution is 2.41. The van der Waals surface area contributed by atoms with Crippen LogP contribution in [0.3, 0.4) is 0 Å². The zero-order valence-electron chi connectivity index (χ0n) is 14.7. The predicted molar refractivity (Wildman–Crippen MR) is 91.5 cm³/mol. The lowest BCUT2D eigenvalue weighted by atomic mass is 9.94. The zero-order chi connectivity index (χ0) is 20.4. The van der Waals surface area contributed by atoms with Crippen LogP contribution in [-0.2, 0) is 10.9 Å². The Kier molecular flexibility index (Phi) is 6.00. The lowest BCUT2D eigenvalue weighted by molar-refractivity contribution is -0.242. The average molecular weight is 403 g/mol. The topological polar surface area (TPSA) is 21.3 Å². The van der Waals surface area contributed by atoms with Gasteiger partial charge in [0.25, 0.3) is 0 Å². The fourth-order valence-electron chi connectivity index (χ4n) is 3.40. The molecule has 1 fully saturated rings. The van der Waals surface area contributed by atoms with E-state index in [4.69, 9.17) is 4.74 Å². The molecule has 0 amide bonds. The van der Waals surface area contributed by atoms with Crippen molar-refractivity contribution in [3.05, 3.63) is 71.3 Å². The number of halogens is 6. The Labute approximate surface area is 158 Å². The fourth-order valence-corrected chi connectivity index (χ4v) is 3.40. The van der Waals surface area contributed by atoms with E-state index in [1.54, 1.807) is 30.3 Å². The first-order chi connectivity index (χ1) is 13.2. The fraction of sp³-hybridized carbons (Fsp3) is 0.400. The third-order valence-electron chi connectivity index (χ3n) is 4.69. The molecule has 0 aromatic heterocycles. The van der Waals surface area contributed by atoms with Crippen LogP contribution in [0.25, 0.3) is 0 Å². The van der Waals surface area contributed by atoms with Gasteiger partial charge in [-0.2, -0.15) is 26.3 Å². The summed E-state index contributed by atoms with van der Waals surface area (Å²) in [5, 5.41) is 3.16. The molecule has 0 aliphatic carbocycles. The van der Waals surface area contributed by atoms with Gasteiger partial charge in [-0.1, -0.05) is 42.5 Å². The molecule has 8 heteroatoms. The van der Waals surface area contributed by atoms with E-state index in [2.05, 4.69) is 5.32 Å². The van der Waals surface area contributed by atoms with Crippen LogP contribution in [0, 0.1) is 0 Å². The summed E-state index contributed by atoms with van der Waals surface area (Å²) in [5.74, 6) is 0. The van der Waals surface area contributed by atoms with Crippen molar-refractivity contribution in [1.82, 2.24) is 5.32 Å². The van der Waals surface area contributed by atoms with Crippen LogP contribution in [0.2, 0.25) is 0 Å². The van der Waals surface area contributed by atoms with Gasteiger partial charge in [-0.25, -0.2) is 0 Å². The van der Waals surface area contributed by atoms with E-state index in [9.17, 15) is 26.3 Å². The molecule has 0 bridgehead atoms. The molecular weight excluding hydrogens is 384 g/mol. The number of ether oxygens (including phenoxy) is 1. The summed E-state index contributed by atoms with van der Waals surface area (Å²) < 4.78 is 85.3. The first kappa shape index (κ1) is 20.7. The lowest BCUT2D eigenvalue weighted by Crippen LogP contribution is -2.41. The molecule has 2 unspecified atom stereocenters. The second kappa shape index (κ2) is 8.13. The van der Waals surface area contributed by atoms with Crippen molar-refractivity contribution in [3.63, 3.8) is 0 Å². The van der Waals surface area contributed by atoms with Crippen molar-refractivity contribution in [2.45, 2.75) is 43.4 Å². The molecule has 1 aliphatic heterocycles. The molecule has 2 aromatic carbocycles. The maximum Gasteiger partial charge on any atom is 0.418 e. The van der Waals surface area contributed by atoms with Gasteiger partial charge in [-0.3, -0.25) is 0 Å². The smallest absolute Gasteiger partial charge is 0.359 e. The van der Waals surface area contributed by atoms with Crippen molar-refractivity contribution in [3.8, 4) is 0 Å². The van der Waals surface area contributed by atoms with Crippen LogP contribution < -0.4 is 5.32 Å². The minimum absolute atomic E-state index is 0.373. The van der Waals surface area contributed by atoms with Gasteiger partial charge in [0.1, 0.15) is 0 Å². The summed E-state index contributed by atoms with van der Waals surface area (Å²) in [7, 11) is 0. The lowest BCUT2D eigenvalue weighted by Gasteiger charge is -2.36. The van der Waals surface area contributed by atoms with Gasteiger partial charge in [-0.15, -0.1) is 0 Å². The maximum absolute atomic E-state index is 13.7. The van der Waals surface area contributed by atoms with Crippen LogP contribution in [-0.4, -0.2) is 18.8 Å². The highest BCUT2D eigenvalue weighted by Gasteiger charge is 2.45. The summed E-state index contributed by atoms with van der Waals surface area (Å²) in [6.07, 6.45) is -11.9. The Morgan fingerprint density at radius 3 is 2.29 bits per heavy atom. The number of piperidine rings is 1. The normalized spacial score (nSPS) is 22.1. The van der Waals surface area contributed by atoms with Gasteiger partial charge in [0, 0.05) is 0 Å². The van der Waals surface area contributed by atoms with E-state index < -0.39 is 41.7 Å². The second-order valence-electron chi connectivity index (χ2n) is 6.70. The number of hydrogen-bond acceptors (Lipinski definition) is 2. The molecule has 0 radical (unpaired) electrons. The maximum atomic E-state index is 13.7. The molecule has 0 saturated carbocycles. The summed E-state index contributed by atoms with van der Waals surface area (Å²) in [6.45, 7) is 0.625. The van der Waals surface area contributed by atoms with E-state index in [1.807, 2.05) is 0 Å². The molecule has 3 atom stereocenters. The third-order valence-corrected chi connectivity index (χ3v) is 4.69. The van der Waals surface area contributed by atoms with E-state index >= 15 is 0 Å². The van der Waals surface area contributed by atoms with Crippen LogP contribution in [0.15, 0.2) is 54.6 Å². The number of benzene rings is 2. The Balaban J connectivity index is 1.90. The quantitative estimate of drug-likeness (QED) is 0.650. The van der Waals surface area contributed by atoms with Crippen molar-refractivity contribution in [1.29, 1.82) is 0 Å². The van der Waals surface area contributed by atoms with Crippen molar-refractivity contribution in [2.75, 3.05) is 6.54 Å². The van der Waals surface area contributed by atoms with Gasteiger partial charge in [0.2, 0.25) is 0 Å². The molecule has 152 valence electrons. The molecule has 28 heavy (non-hydrogen) atoms. The SMILES string of the molecule is FC(F)(F)c1cccc([C@H](OC2CCCNC2c2ccccc2)C(F)(F)F)c1. The molecule has 1 aliphatic rings. The Bertz CT molecular complexity index is 774.